The molecule has 1 amide bonds. The molecule has 1 aromatic heterocycles. The average molecular weight is 354 g/mol. The maximum Gasteiger partial charge on any atom is 0.251 e. The number of aromatic amines is 1. The molecule has 1 aromatic carbocycles. The van der Waals surface area contributed by atoms with Gasteiger partial charge in [0.2, 0.25) is 0 Å². The molecule has 1 saturated heterocycles. The molecule has 2 N–H and O–H groups in total. The molecule has 0 radical (unpaired) electrons. The number of hydrogen-bond donors (Lipinski definition) is 2. The van der Waals surface area contributed by atoms with E-state index in [4.69, 9.17) is 0 Å². The van der Waals surface area contributed by atoms with Crippen molar-refractivity contribution in [3.63, 3.8) is 0 Å². The fourth-order valence-corrected chi connectivity index (χ4v) is 4.56. The van der Waals surface area contributed by atoms with E-state index in [1.54, 1.807) is 0 Å². The SMILES string of the molecule is CC(CNC(=O)c1ccc2[nH]c3c(c2c1)CCCCC3)CN1CCCC1. The Bertz CT molecular complexity index is 773. The van der Waals surface area contributed by atoms with Gasteiger partial charge in [-0.1, -0.05) is 13.3 Å². The lowest BCUT2D eigenvalue weighted by atomic mass is 10.0. The summed E-state index contributed by atoms with van der Waals surface area (Å²) in [5.41, 5.74) is 4.79. The van der Waals surface area contributed by atoms with Crippen LogP contribution in [0.2, 0.25) is 0 Å². The number of benzene rings is 1. The number of hydrogen-bond acceptors (Lipinski definition) is 2. The maximum absolute atomic E-state index is 12.7. The molecule has 0 bridgehead atoms. The van der Waals surface area contributed by atoms with Crippen LogP contribution in [0, 0.1) is 5.92 Å². The van der Waals surface area contributed by atoms with Gasteiger partial charge in [-0.25, -0.2) is 0 Å². The number of nitrogens with one attached hydrogen (secondary N) is 2. The molecule has 0 spiro atoms. The Morgan fingerprint density at radius 3 is 2.81 bits per heavy atom. The first-order chi connectivity index (χ1) is 12.7. The molecule has 4 heteroatoms. The number of fused-ring (bicyclic) bond motifs is 3. The van der Waals surface area contributed by atoms with Gasteiger partial charge in [0.25, 0.3) is 5.91 Å². The molecule has 1 fully saturated rings. The molecule has 2 heterocycles. The number of nitrogens with zero attached hydrogens (tertiary/aromatic N) is 1. The molecule has 26 heavy (non-hydrogen) atoms. The molecule has 2 aromatic rings. The number of carbonyl (C=O) groups excluding carboxylic acids is 1. The second-order valence-electron chi connectivity index (χ2n) is 8.23. The van der Waals surface area contributed by atoms with Crippen molar-refractivity contribution in [2.45, 2.75) is 51.9 Å². The highest BCUT2D eigenvalue weighted by Gasteiger charge is 2.17. The van der Waals surface area contributed by atoms with Crippen molar-refractivity contribution in [3.8, 4) is 0 Å². The van der Waals surface area contributed by atoms with Crippen LogP contribution in [0.3, 0.4) is 0 Å². The summed E-state index contributed by atoms with van der Waals surface area (Å²) in [5, 5.41) is 4.40. The topological polar surface area (TPSA) is 48.1 Å². The molecule has 4 nitrogen and oxygen atoms in total. The van der Waals surface area contributed by atoms with Gasteiger partial charge in [0.1, 0.15) is 0 Å². The number of H-pyrrole nitrogens is 1. The van der Waals surface area contributed by atoms with Crippen LogP contribution in [0.5, 0.6) is 0 Å². The van der Waals surface area contributed by atoms with Crippen molar-refractivity contribution in [1.29, 1.82) is 0 Å². The smallest absolute Gasteiger partial charge is 0.251 e. The van der Waals surface area contributed by atoms with Crippen LogP contribution in [0.4, 0.5) is 0 Å². The van der Waals surface area contributed by atoms with E-state index in [9.17, 15) is 4.79 Å². The van der Waals surface area contributed by atoms with Gasteiger partial charge in [-0.15, -0.1) is 0 Å². The Kier molecular flexibility index (Phi) is 5.30. The molecule has 2 aliphatic rings. The zero-order chi connectivity index (χ0) is 17.9. The molecular formula is C22H31N3O. The Hall–Kier alpha value is -1.81. The van der Waals surface area contributed by atoms with Gasteiger partial charge in [-0.3, -0.25) is 4.79 Å². The largest absolute Gasteiger partial charge is 0.358 e. The fraction of sp³-hybridized carbons (Fsp3) is 0.591. The molecule has 140 valence electrons. The van der Waals surface area contributed by atoms with Crippen LogP contribution in [-0.4, -0.2) is 42.0 Å². The van der Waals surface area contributed by atoms with E-state index in [1.807, 2.05) is 6.07 Å². The highest BCUT2D eigenvalue weighted by atomic mass is 16.1. The van der Waals surface area contributed by atoms with Gasteiger partial charge in [0.05, 0.1) is 0 Å². The summed E-state index contributed by atoms with van der Waals surface area (Å²) in [6.07, 6.45) is 8.73. The second-order valence-corrected chi connectivity index (χ2v) is 8.23. The third-order valence-electron chi connectivity index (χ3n) is 5.99. The number of carbonyl (C=O) groups is 1. The van der Waals surface area contributed by atoms with Crippen LogP contribution in [0.15, 0.2) is 18.2 Å². The van der Waals surface area contributed by atoms with Crippen LogP contribution >= 0.6 is 0 Å². The van der Waals surface area contributed by atoms with Gasteiger partial charge >= 0.3 is 0 Å². The van der Waals surface area contributed by atoms with E-state index in [0.717, 1.165) is 31.5 Å². The van der Waals surface area contributed by atoms with E-state index in [0.29, 0.717) is 5.92 Å². The lowest BCUT2D eigenvalue weighted by Gasteiger charge is -2.20. The minimum absolute atomic E-state index is 0.0590. The van der Waals surface area contributed by atoms with Crippen molar-refractivity contribution >= 4 is 16.8 Å². The van der Waals surface area contributed by atoms with E-state index < -0.39 is 0 Å². The zero-order valence-corrected chi connectivity index (χ0v) is 15.9. The molecule has 1 aliphatic heterocycles. The van der Waals surface area contributed by atoms with E-state index >= 15 is 0 Å². The third-order valence-corrected chi connectivity index (χ3v) is 5.99. The van der Waals surface area contributed by atoms with Gasteiger partial charge < -0.3 is 15.2 Å². The number of rotatable bonds is 5. The lowest BCUT2D eigenvalue weighted by Crippen LogP contribution is -2.34. The van der Waals surface area contributed by atoms with Crippen molar-refractivity contribution < 1.29 is 4.79 Å². The quantitative estimate of drug-likeness (QED) is 0.801. The number of aryl methyl sites for hydroxylation is 2. The molecule has 0 saturated carbocycles. The third kappa shape index (κ3) is 3.80. The van der Waals surface area contributed by atoms with E-state index in [2.05, 4.69) is 34.3 Å². The average Bonchev–Trinajstić information content (AvgIpc) is 3.20. The Morgan fingerprint density at radius 1 is 1.15 bits per heavy atom. The summed E-state index contributed by atoms with van der Waals surface area (Å²) >= 11 is 0. The van der Waals surface area contributed by atoms with Crippen molar-refractivity contribution in [2.24, 2.45) is 5.92 Å². The van der Waals surface area contributed by atoms with Crippen LogP contribution in [0.1, 0.15) is 60.6 Å². The molecule has 4 rings (SSSR count). The predicted molar refractivity (Wildman–Crippen MR) is 107 cm³/mol. The molecule has 1 atom stereocenters. The van der Waals surface area contributed by atoms with Crippen molar-refractivity contribution in [3.05, 3.63) is 35.0 Å². The highest BCUT2D eigenvalue weighted by molar-refractivity contribution is 5.99. The second kappa shape index (κ2) is 7.83. The summed E-state index contributed by atoms with van der Waals surface area (Å²) in [5.74, 6) is 0.549. The first-order valence-electron chi connectivity index (χ1n) is 10.3. The summed E-state index contributed by atoms with van der Waals surface area (Å²) in [4.78, 5) is 18.7. The van der Waals surface area contributed by atoms with E-state index in [1.165, 1.54) is 67.4 Å². The number of aromatic nitrogens is 1. The van der Waals surface area contributed by atoms with Crippen LogP contribution in [-0.2, 0) is 12.8 Å². The first kappa shape index (κ1) is 17.6. The number of likely N-dealkylation sites (tertiary alicyclic amines) is 1. The molecular weight excluding hydrogens is 322 g/mol. The van der Waals surface area contributed by atoms with E-state index in [-0.39, 0.29) is 5.91 Å². The summed E-state index contributed by atoms with van der Waals surface area (Å²) in [6, 6.07) is 6.13. The Morgan fingerprint density at radius 2 is 1.96 bits per heavy atom. The minimum Gasteiger partial charge on any atom is -0.358 e. The Balaban J connectivity index is 1.42. The summed E-state index contributed by atoms with van der Waals surface area (Å²) in [7, 11) is 0. The van der Waals surface area contributed by atoms with Gasteiger partial charge in [-0.2, -0.15) is 0 Å². The van der Waals surface area contributed by atoms with Gasteiger partial charge in [0.15, 0.2) is 0 Å². The zero-order valence-electron chi connectivity index (χ0n) is 15.9. The molecule has 1 aliphatic carbocycles. The first-order valence-corrected chi connectivity index (χ1v) is 10.3. The van der Waals surface area contributed by atoms with Crippen LogP contribution < -0.4 is 5.32 Å². The van der Waals surface area contributed by atoms with Gasteiger partial charge in [0, 0.05) is 35.2 Å². The maximum atomic E-state index is 12.7. The standard InChI is InChI=1S/C22H31N3O/c1-16(15-25-11-5-6-12-25)14-23-22(26)17-9-10-21-19(13-17)18-7-3-2-4-8-20(18)24-21/h9-10,13,16,24H,2-8,11-12,14-15H2,1H3,(H,23,26). The normalized spacial score (nSPS) is 19.3. The number of amides is 1. The van der Waals surface area contributed by atoms with Crippen molar-refractivity contribution in [2.75, 3.05) is 26.2 Å². The highest BCUT2D eigenvalue weighted by Crippen LogP contribution is 2.29. The summed E-state index contributed by atoms with van der Waals surface area (Å²) < 4.78 is 0. The lowest BCUT2D eigenvalue weighted by molar-refractivity contribution is 0.0945. The monoisotopic (exact) mass is 353 g/mol. The summed E-state index contributed by atoms with van der Waals surface area (Å²) in [6.45, 7) is 6.50. The van der Waals surface area contributed by atoms with Crippen molar-refractivity contribution in [1.82, 2.24) is 15.2 Å². The predicted octanol–water partition coefficient (Wildman–Crippen LogP) is 3.90. The van der Waals surface area contributed by atoms with Crippen LogP contribution in [0.25, 0.3) is 10.9 Å². The Labute approximate surface area is 156 Å². The minimum atomic E-state index is 0.0590. The fourth-order valence-electron chi connectivity index (χ4n) is 4.56. The molecule has 1 unspecified atom stereocenters. The van der Waals surface area contributed by atoms with Gasteiger partial charge in [-0.05, 0) is 81.3 Å².